The molecule has 1 N–H and O–H groups in total. The average molecular weight is 509 g/mol. The van der Waals surface area contributed by atoms with Crippen molar-refractivity contribution in [3.63, 3.8) is 0 Å². The van der Waals surface area contributed by atoms with Crippen molar-refractivity contribution in [1.82, 2.24) is 0 Å². The summed E-state index contributed by atoms with van der Waals surface area (Å²) in [7, 11) is 1.45. The molecule has 186 valence electrons. The predicted molar refractivity (Wildman–Crippen MR) is 134 cm³/mol. The number of halogens is 1. The third kappa shape index (κ3) is 4.12. The Bertz CT molecular complexity index is 1280. The fraction of sp³-hybridized carbons (Fsp3) is 0.259. The molecular weight excluding hydrogens is 484 g/mol. The fourth-order valence-electron chi connectivity index (χ4n) is 4.61. The zero-order valence-electron chi connectivity index (χ0n) is 19.8. The summed E-state index contributed by atoms with van der Waals surface area (Å²) in [5.41, 5.74) is 1.74. The van der Waals surface area contributed by atoms with E-state index in [4.69, 9.17) is 25.9 Å². The van der Waals surface area contributed by atoms with Crippen LogP contribution in [0.3, 0.4) is 0 Å². The van der Waals surface area contributed by atoms with E-state index in [1.54, 1.807) is 65.7 Å². The van der Waals surface area contributed by atoms with E-state index < -0.39 is 24.0 Å². The van der Waals surface area contributed by atoms with Gasteiger partial charge in [0, 0.05) is 5.02 Å². The number of imide groups is 1. The highest BCUT2D eigenvalue weighted by atomic mass is 35.5. The van der Waals surface area contributed by atoms with Gasteiger partial charge in [-0.15, -0.1) is 0 Å². The van der Waals surface area contributed by atoms with Crippen molar-refractivity contribution in [3.8, 4) is 17.2 Å². The van der Waals surface area contributed by atoms with Gasteiger partial charge in [-0.1, -0.05) is 24.6 Å². The molecule has 5 rings (SSSR count). The average Bonchev–Trinajstić information content (AvgIpc) is 3.39. The molecule has 0 aromatic heterocycles. The quantitative estimate of drug-likeness (QED) is 0.454. The highest BCUT2D eigenvalue weighted by molar-refractivity contribution is 6.30. The largest absolute Gasteiger partial charge is 0.504 e. The summed E-state index contributed by atoms with van der Waals surface area (Å²) in [6.07, 6.45) is -0.145. The molecule has 0 radical (unpaired) electrons. The summed E-state index contributed by atoms with van der Waals surface area (Å²) in [5.74, 6) is -0.753. The van der Waals surface area contributed by atoms with E-state index in [0.29, 0.717) is 34.3 Å². The normalized spacial score (nSPS) is 21.1. The van der Waals surface area contributed by atoms with Crippen molar-refractivity contribution in [2.45, 2.75) is 25.5 Å². The summed E-state index contributed by atoms with van der Waals surface area (Å²) in [6.45, 7) is 2.60. The monoisotopic (exact) mass is 508 g/mol. The second-order valence-electron chi connectivity index (χ2n) is 8.58. The molecule has 0 spiro atoms. The number of carbonyl (C=O) groups is 2. The number of nitrogens with zero attached hydrogens (tertiary/aromatic N) is 2. The molecule has 9 heteroatoms. The number of phenolic OH excluding ortho intramolecular Hbond substituents is 1. The van der Waals surface area contributed by atoms with Crippen molar-refractivity contribution in [3.05, 3.63) is 77.3 Å². The first-order chi connectivity index (χ1) is 17.4. The van der Waals surface area contributed by atoms with E-state index in [2.05, 4.69) is 0 Å². The van der Waals surface area contributed by atoms with Crippen molar-refractivity contribution >= 4 is 34.8 Å². The van der Waals surface area contributed by atoms with Gasteiger partial charge in [0.25, 0.3) is 5.91 Å². The molecule has 2 amide bonds. The van der Waals surface area contributed by atoms with Crippen LogP contribution in [0.5, 0.6) is 17.2 Å². The van der Waals surface area contributed by atoms with Crippen LogP contribution in [0.25, 0.3) is 0 Å². The summed E-state index contributed by atoms with van der Waals surface area (Å²) in [4.78, 5) is 34.5. The number of phenols is 1. The number of anilines is 2. The van der Waals surface area contributed by atoms with Gasteiger partial charge in [-0.3, -0.25) is 14.4 Å². The lowest BCUT2D eigenvalue weighted by Gasteiger charge is -2.29. The Kier molecular flexibility index (Phi) is 6.47. The van der Waals surface area contributed by atoms with Crippen LogP contribution in [-0.2, 0) is 14.4 Å². The van der Waals surface area contributed by atoms with E-state index in [9.17, 15) is 14.7 Å². The first-order valence-corrected chi connectivity index (χ1v) is 12.0. The Balaban J connectivity index is 1.52. The van der Waals surface area contributed by atoms with Gasteiger partial charge in [0.15, 0.2) is 17.6 Å². The number of methoxy groups -OCH3 is 1. The number of benzene rings is 3. The lowest BCUT2D eigenvalue weighted by molar-refractivity contribution is -0.126. The van der Waals surface area contributed by atoms with E-state index in [0.717, 1.165) is 6.42 Å². The molecule has 0 bridgehead atoms. The van der Waals surface area contributed by atoms with Crippen LogP contribution >= 0.6 is 11.6 Å². The Morgan fingerprint density at radius 1 is 0.972 bits per heavy atom. The molecule has 3 atom stereocenters. The van der Waals surface area contributed by atoms with Crippen LogP contribution in [-0.4, -0.2) is 36.7 Å². The molecule has 8 nitrogen and oxygen atoms in total. The molecule has 0 unspecified atom stereocenters. The van der Waals surface area contributed by atoms with Gasteiger partial charge in [-0.2, -0.15) is 0 Å². The Labute approximate surface area is 213 Å². The van der Waals surface area contributed by atoms with Gasteiger partial charge in [0.2, 0.25) is 5.91 Å². The molecule has 0 aliphatic carbocycles. The van der Waals surface area contributed by atoms with Gasteiger partial charge < -0.3 is 14.6 Å². The lowest BCUT2D eigenvalue weighted by Crippen LogP contribution is -2.37. The maximum absolute atomic E-state index is 13.8. The van der Waals surface area contributed by atoms with Crippen LogP contribution in [0.1, 0.15) is 24.9 Å². The Hall–Kier alpha value is -3.75. The van der Waals surface area contributed by atoms with Crippen LogP contribution in [0, 0.1) is 5.92 Å². The number of aromatic hydroxyl groups is 1. The van der Waals surface area contributed by atoms with Crippen molar-refractivity contribution in [1.29, 1.82) is 0 Å². The van der Waals surface area contributed by atoms with Gasteiger partial charge in [0.05, 0.1) is 31.1 Å². The zero-order valence-corrected chi connectivity index (χ0v) is 20.5. The number of rotatable bonds is 7. The Morgan fingerprint density at radius 3 is 2.33 bits per heavy atom. The number of amides is 2. The molecule has 2 saturated heterocycles. The van der Waals surface area contributed by atoms with Crippen molar-refractivity contribution in [2.24, 2.45) is 5.92 Å². The number of hydrogen-bond acceptors (Lipinski definition) is 7. The zero-order chi connectivity index (χ0) is 25.4. The second-order valence-corrected chi connectivity index (χ2v) is 9.02. The van der Waals surface area contributed by atoms with Crippen molar-refractivity contribution < 1.29 is 29.0 Å². The molecule has 2 heterocycles. The molecule has 2 fully saturated rings. The van der Waals surface area contributed by atoms with E-state index >= 15 is 0 Å². The number of hydroxylamine groups is 1. The maximum Gasteiger partial charge on any atom is 0.266 e. The second kappa shape index (κ2) is 9.72. The Morgan fingerprint density at radius 2 is 1.67 bits per heavy atom. The summed E-state index contributed by atoms with van der Waals surface area (Å²) < 4.78 is 10.9. The molecule has 2 aliphatic heterocycles. The minimum atomic E-state index is -1.02. The van der Waals surface area contributed by atoms with E-state index in [1.165, 1.54) is 18.1 Å². The molecule has 36 heavy (non-hydrogen) atoms. The van der Waals surface area contributed by atoms with Gasteiger partial charge in [0.1, 0.15) is 11.7 Å². The molecule has 2 aliphatic rings. The lowest BCUT2D eigenvalue weighted by atomic mass is 9.90. The first kappa shape index (κ1) is 24.0. The summed E-state index contributed by atoms with van der Waals surface area (Å²) >= 11 is 6.07. The van der Waals surface area contributed by atoms with Crippen molar-refractivity contribution in [2.75, 3.05) is 23.7 Å². The number of fused-ring (bicyclic) bond motifs is 1. The standard InChI is InChI=1S/C27H25ClN2O6/c1-3-14-35-20-11-9-18(10-12-20)29-26(32)23-24(16-4-13-21(31)22(15-16)34-2)30(36-25(23)27(29)33)19-7-5-17(28)6-8-19/h4-13,15,23-25,31H,3,14H2,1-2H3/t23-,24+,25+/m0/s1. The summed E-state index contributed by atoms with van der Waals surface area (Å²) in [5, 5.41) is 12.2. The van der Waals surface area contributed by atoms with E-state index in [-0.39, 0.29) is 17.4 Å². The molecule has 0 saturated carbocycles. The maximum atomic E-state index is 13.8. The molecule has 3 aromatic carbocycles. The first-order valence-electron chi connectivity index (χ1n) is 11.6. The highest BCUT2D eigenvalue weighted by Gasteiger charge is 2.60. The predicted octanol–water partition coefficient (Wildman–Crippen LogP) is 4.89. The van der Waals surface area contributed by atoms with Gasteiger partial charge >= 0.3 is 0 Å². The van der Waals surface area contributed by atoms with E-state index in [1.807, 2.05) is 6.92 Å². The fourth-order valence-corrected chi connectivity index (χ4v) is 4.74. The third-order valence-corrected chi connectivity index (χ3v) is 6.56. The number of ether oxygens (including phenoxy) is 2. The SMILES string of the molecule is CCCOc1ccc(N2C(=O)[C@H]3[C@@H](c4ccc(O)c(OC)c4)N(c4ccc(Cl)cc4)O[C@H]3C2=O)cc1. The van der Waals surface area contributed by atoms with Gasteiger partial charge in [-0.25, -0.2) is 9.96 Å². The van der Waals surface area contributed by atoms with Crippen LogP contribution in [0.15, 0.2) is 66.7 Å². The third-order valence-electron chi connectivity index (χ3n) is 6.31. The summed E-state index contributed by atoms with van der Waals surface area (Å²) in [6, 6.07) is 18.0. The minimum Gasteiger partial charge on any atom is -0.504 e. The molecular formula is C27H25ClN2O6. The highest BCUT2D eigenvalue weighted by Crippen LogP contribution is 2.48. The van der Waals surface area contributed by atoms with Crippen LogP contribution < -0.4 is 19.4 Å². The van der Waals surface area contributed by atoms with Crippen LogP contribution in [0.4, 0.5) is 11.4 Å². The minimum absolute atomic E-state index is 0.0319. The van der Waals surface area contributed by atoms with Crippen LogP contribution in [0.2, 0.25) is 5.02 Å². The number of carbonyl (C=O) groups excluding carboxylic acids is 2. The topological polar surface area (TPSA) is 88.5 Å². The number of hydrogen-bond donors (Lipinski definition) is 1. The molecule has 3 aromatic rings. The van der Waals surface area contributed by atoms with Gasteiger partial charge in [-0.05, 0) is 72.6 Å². The smallest absolute Gasteiger partial charge is 0.266 e.